The normalized spacial score (nSPS) is 14.6. The summed E-state index contributed by atoms with van der Waals surface area (Å²) in [6, 6.07) is 6.49. The van der Waals surface area contributed by atoms with E-state index in [-0.39, 0.29) is 6.42 Å². The topological polar surface area (TPSA) is 83.5 Å². The van der Waals surface area contributed by atoms with Crippen LogP contribution in [0.5, 0.6) is 0 Å². The molecule has 1 aromatic carbocycles. The number of hydrogen-bond acceptors (Lipinski definition) is 3. The fourth-order valence-electron chi connectivity index (χ4n) is 1.53. The second kappa shape index (κ2) is 4.91. The smallest absolute Gasteiger partial charge is 0.305 e. The number of carboxylic acids is 1. The van der Waals surface area contributed by atoms with Crippen molar-refractivity contribution in [1.29, 1.82) is 0 Å². The third-order valence-corrected chi connectivity index (χ3v) is 2.24. The molecule has 0 radical (unpaired) electrons. The van der Waals surface area contributed by atoms with E-state index in [1.807, 2.05) is 0 Å². The van der Waals surface area contributed by atoms with E-state index in [4.69, 9.17) is 10.8 Å². The molecular formula is C11H15NO3. The zero-order valence-corrected chi connectivity index (χ0v) is 8.55. The summed E-state index contributed by atoms with van der Waals surface area (Å²) in [5.41, 5.74) is 7.12. The van der Waals surface area contributed by atoms with Crippen LogP contribution >= 0.6 is 0 Å². The highest BCUT2D eigenvalue weighted by Crippen LogP contribution is 2.23. The molecule has 82 valence electrons. The molecule has 0 aromatic heterocycles. The van der Waals surface area contributed by atoms with Crippen molar-refractivity contribution < 1.29 is 15.0 Å². The van der Waals surface area contributed by atoms with Crippen LogP contribution in [0.15, 0.2) is 24.3 Å². The predicted molar refractivity (Wildman–Crippen MR) is 56.3 cm³/mol. The average Bonchev–Trinajstić information content (AvgIpc) is 2.16. The molecule has 4 heteroatoms. The van der Waals surface area contributed by atoms with Crippen LogP contribution in [-0.4, -0.2) is 16.2 Å². The molecule has 1 rings (SSSR count). The number of aliphatic carboxylic acids is 1. The Morgan fingerprint density at radius 3 is 2.40 bits per heavy atom. The molecular weight excluding hydrogens is 194 g/mol. The van der Waals surface area contributed by atoms with Gasteiger partial charge in [-0.05, 0) is 18.1 Å². The minimum absolute atomic E-state index is 0.135. The summed E-state index contributed by atoms with van der Waals surface area (Å²) < 4.78 is 0. The van der Waals surface area contributed by atoms with Gasteiger partial charge in [0.25, 0.3) is 0 Å². The molecule has 4 N–H and O–H groups in total. The zero-order chi connectivity index (χ0) is 11.4. The van der Waals surface area contributed by atoms with Crippen molar-refractivity contribution in [2.45, 2.75) is 25.5 Å². The largest absolute Gasteiger partial charge is 0.481 e. The van der Waals surface area contributed by atoms with E-state index < -0.39 is 18.1 Å². The standard InChI is InChI=1S/C11H15NO3/c1-7(13)8-4-2-3-5-9(8)10(12)6-11(14)15/h2-5,7,10,13H,6,12H2,1H3,(H,14,15). The lowest BCUT2D eigenvalue weighted by Crippen LogP contribution is -2.17. The molecule has 0 spiro atoms. The predicted octanol–water partition coefficient (Wildman–Crippen LogP) is 1.21. The first kappa shape index (κ1) is 11.7. The van der Waals surface area contributed by atoms with Gasteiger partial charge in [0.05, 0.1) is 12.5 Å². The lowest BCUT2D eigenvalue weighted by Gasteiger charge is -2.16. The second-order valence-electron chi connectivity index (χ2n) is 3.51. The van der Waals surface area contributed by atoms with Crippen molar-refractivity contribution in [3.63, 3.8) is 0 Å². The monoisotopic (exact) mass is 209 g/mol. The minimum Gasteiger partial charge on any atom is -0.481 e. The fraction of sp³-hybridized carbons (Fsp3) is 0.364. The van der Waals surface area contributed by atoms with Crippen LogP contribution in [0.2, 0.25) is 0 Å². The van der Waals surface area contributed by atoms with E-state index in [0.29, 0.717) is 11.1 Å². The van der Waals surface area contributed by atoms with E-state index in [1.165, 1.54) is 0 Å². The molecule has 0 aliphatic rings. The van der Waals surface area contributed by atoms with Gasteiger partial charge in [-0.2, -0.15) is 0 Å². The number of nitrogens with two attached hydrogens (primary N) is 1. The van der Waals surface area contributed by atoms with Crippen molar-refractivity contribution in [3.8, 4) is 0 Å². The van der Waals surface area contributed by atoms with Crippen LogP contribution in [0.4, 0.5) is 0 Å². The summed E-state index contributed by atoms with van der Waals surface area (Å²) in [4.78, 5) is 10.5. The molecule has 2 unspecified atom stereocenters. The number of benzene rings is 1. The zero-order valence-electron chi connectivity index (χ0n) is 8.55. The Morgan fingerprint density at radius 2 is 1.93 bits per heavy atom. The lowest BCUT2D eigenvalue weighted by atomic mass is 9.96. The van der Waals surface area contributed by atoms with E-state index in [0.717, 1.165) is 0 Å². The number of aliphatic hydroxyl groups excluding tert-OH is 1. The Morgan fingerprint density at radius 1 is 1.40 bits per heavy atom. The van der Waals surface area contributed by atoms with Crippen molar-refractivity contribution in [3.05, 3.63) is 35.4 Å². The maximum absolute atomic E-state index is 10.5. The highest BCUT2D eigenvalue weighted by molar-refractivity contribution is 5.68. The number of carboxylic acid groups (broad SMARTS) is 1. The second-order valence-corrected chi connectivity index (χ2v) is 3.51. The summed E-state index contributed by atoms with van der Waals surface area (Å²) in [5, 5.41) is 18.1. The maximum Gasteiger partial charge on any atom is 0.305 e. The summed E-state index contributed by atoms with van der Waals surface area (Å²) in [5.74, 6) is -0.942. The molecule has 4 nitrogen and oxygen atoms in total. The van der Waals surface area contributed by atoms with Crippen molar-refractivity contribution in [2.24, 2.45) is 5.73 Å². The first-order valence-corrected chi connectivity index (χ1v) is 4.76. The Hall–Kier alpha value is -1.39. The van der Waals surface area contributed by atoms with Gasteiger partial charge in [-0.15, -0.1) is 0 Å². The summed E-state index contributed by atoms with van der Waals surface area (Å²) in [6.07, 6.45) is -0.773. The van der Waals surface area contributed by atoms with Gasteiger partial charge < -0.3 is 15.9 Å². The van der Waals surface area contributed by atoms with Gasteiger partial charge in [0.15, 0.2) is 0 Å². The van der Waals surface area contributed by atoms with Gasteiger partial charge in [-0.1, -0.05) is 24.3 Å². The molecule has 0 heterocycles. The van der Waals surface area contributed by atoms with Crippen molar-refractivity contribution >= 4 is 5.97 Å². The fourth-order valence-corrected chi connectivity index (χ4v) is 1.53. The summed E-state index contributed by atoms with van der Waals surface area (Å²) >= 11 is 0. The molecule has 0 aliphatic heterocycles. The van der Waals surface area contributed by atoms with Gasteiger partial charge in [0, 0.05) is 6.04 Å². The van der Waals surface area contributed by atoms with E-state index >= 15 is 0 Å². The SMILES string of the molecule is CC(O)c1ccccc1C(N)CC(=O)O. The molecule has 0 bridgehead atoms. The third kappa shape index (κ3) is 3.04. The first-order chi connectivity index (χ1) is 7.02. The van der Waals surface area contributed by atoms with E-state index in [9.17, 15) is 9.90 Å². The molecule has 15 heavy (non-hydrogen) atoms. The van der Waals surface area contributed by atoms with Crippen LogP contribution in [-0.2, 0) is 4.79 Å². The molecule has 0 fully saturated rings. The van der Waals surface area contributed by atoms with Gasteiger partial charge in [-0.3, -0.25) is 4.79 Å². The Labute approximate surface area is 88.3 Å². The Kier molecular flexibility index (Phi) is 3.82. The van der Waals surface area contributed by atoms with Crippen LogP contribution < -0.4 is 5.73 Å². The van der Waals surface area contributed by atoms with E-state index in [2.05, 4.69) is 0 Å². The highest BCUT2D eigenvalue weighted by atomic mass is 16.4. The van der Waals surface area contributed by atoms with Gasteiger partial charge >= 0.3 is 5.97 Å². The quantitative estimate of drug-likeness (QED) is 0.696. The summed E-state index contributed by atoms with van der Waals surface area (Å²) in [6.45, 7) is 1.63. The Balaban J connectivity index is 2.97. The molecule has 0 aliphatic carbocycles. The first-order valence-electron chi connectivity index (χ1n) is 4.76. The molecule has 0 amide bonds. The van der Waals surface area contributed by atoms with Crippen LogP contribution in [0, 0.1) is 0 Å². The highest BCUT2D eigenvalue weighted by Gasteiger charge is 2.15. The maximum atomic E-state index is 10.5. The number of rotatable bonds is 4. The molecule has 1 aromatic rings. The van der Waals surface area contributed by atoms with Crippen molar-refractivity contribution in [2.75, 3.05) is 0 Å². The van der Waals surface area contributed by atoms with Crippen LogP contribution in [0.3, 0.4) is 0 Å². The number of hydrogen-bond donors (Lipinski definition) is 3. The summed E-state index contributed by atoms with van der Waals surface area (Å²) in [7, 11) is 0. The van der Waals surface area contributed by atoms with Gasteiger partial charge in [-0.25, -0.2) is 0 Å². The Bertz CT molecular complexity index is 349. The van der Waals surface area contributed by atoms with E-state index in [1.54, 1.807) is 31.2 Å². The van der Waals surface area contributed by atoms with Gasteiger partial charge in [0.2, 0.25) is 0 Å². The third-order valence-electron chi connectivity index (χ3n) is 2.24. The molecule has 0 saturated carbocycles. The minimum atomic E-state index is -0.942. The van der Waals surface area contributed by atoms with Gasteiger partial charge in [0.1, 0.15) is 0 Å². The number of carbonyl (C=O) groups is 1. The lowest BCUT2D eigenvalue weighted by molar-refractivity contribution is -0.137. The van der Waals surface area contributed by atoms with Crippen LogP contribution in [0.25, 0.3) is 0 Å². The van der Waals surface area contributed by atoms with Crippen molar-refractivity contribution in [1.82, 2.24) is 0 Å². The van der Waals surface area contributed by atoms with Crippen LogP contribution in [0.1, 0.15) is 36.6 Å². The molecule has 2 atom stereocenters. The average molecular weight is 209 g/mol. The number of aliphatic hydroxyl groups is 1. The molecule has 0 saturated heterocycles.